The molecule has 2 aliphatic carbocycles. The molecule has 0 amide bonds. The van der Waals surface area contributed by atoms with Gasteiger partial charge in [0.25, 0.3) is 0 Å². The molecule has 2 unspecified atom stereocenters. The molecule has 0 radical (unpaired) electrons. The second-order valence-corrected chi connectivity index (χ2v) is 5.40. The van der Waals surface area contributed by atoms with E-state index in [1.807, 2.05) is 0 Å². The summed E-state index contributed by atoms with van der Waals surface area (Å²) >= 11 is 3.63. The Bertz CT molecular complexity index is 175. The quantitative estimate of drug-likeness (QED) is 0.693. The van der Waals surface area contributed by atoms with E-state index in [1.54, 1.807) is 0 Å². The number of halogens is 1. The molecule has 2 atom stereocenters. The zero-order chi connectivity index (χ0) is 9.31. The Morgan fingerprint density at radius 1 is 1.38 bits per heavy atom. The van der Waals surface area contributed by atoms with Crippen molar-refractivity contribution in [1.82, 2.24) is 0 Å². The zero-order valence-electron chi connectivity index (χ0n) is 8.39. The van der Waals surface area contributed by atoms with Crippen LogP contribution in [-0.4, -0.2) is 17.0 Å². The fraction of sp³-hybridized carbons (Fsp3) is 1.00. The van der Waals surface area contributed by atoms with Crippen LogP contribution in [0.25, 0.3) is 0 Å². The van der Waals surface area contributed by atoms with Crippen LogP contribution in [0.1, 0.15) is 45.4 Å². The molecule has 0 heterocycles. The van der Waals surface area contributed by atoms with E-state index in [0.717, 1.165) is 11.2 Å². The molecule has 0 aromatic carbocycles. The Morgan fingerprint density at radius 3 is 2.69 bits per heavy atom. The lowest BCUT2D eigenvalue weighted by Gasteiger charge is -2.38. The minimum absolute atomic E-state index is 0.193. The van der Waals surface area contributed by atoms with E-state index >= 15 is 0 Å². The third-order valence-electron chi connectivity index (χ3n) is 3.23. The van der Waals surface area contributed by atoms with Crippen LogP contribution in [0.2, 0.25) is 0 Å². The van der Waals surface area contributed by atoms with Crippen molar-refractivity contribution in [3.63, 3.8) is 0 Å². The first-order valence-electron chi connectivity index (χ1n) is 5.48. The molecule has 2 fully saturated rings. The number of hydrogen-bond acceptors (Lipinski definition) is 1. The molecule has 2 aliphatic rings. The molecule has 0 aliphatic heterocycles. The van der Waals surface area contributed by atoms with Crippen molar-refractivity contribution in [2.45, 2.75) is 57.2 Å². The number of rotatable bonds is 3. The molecule has 2 heteroatoms. The van der Waals surface area contributed by atoms with E-state index in [2.05, 4.69) is 22.9 Å². The molecule has 1 nitrogen and oxygen atoms in total. The minimum atomic E-state index is 0.193. The van der Waals surface area contributed by atoms with Gasteiger partial charge < -0.3 is 4.74 Å². The highest BCUT2D eigenvalue weighted by Crippen LogP contribution is 2.40. The number of hydrogen-bond donors (Lipinski definition) is 0. The van der Waals surface area contributed by atoms with Crippen molar-refractivity contribution >= 4 is 15.9 Å². The van der Waals surface area contributed by atoms with Crippen LogP contribution in [0.4, 0.5) is 0 Å². The van der Waals surface area contributed by atoms with Gasteiger partial charge in [0.1, 0.15) is 0 Å². The van der Waals surface area contributed by atoms with Crippen molar-refractivity contribution in [3.8, 4) is 0 Å². The van der Waals surface area contributed by atoms with Crippen LogP contribution in [0.3, 0.4) is 0 Å². The fourth-order valence-electron chi connectivity index (χ4n) is 2.41. The number of alkyl halides is 1. The second kappa shape index (κ2) is 3.90. The van der Waals surface area contributed by atoms with E-state index < -0.39 is 0 Å². The predicted octanol–water partition coefficient (Wildman–Crippen LogP) is 3.51. The average molecular weight is 247 g/mol. The SMILES string of the molecule is CC1CCCC(CBr)(OC2CC2)C1. The molecule has 2 saturated carbocycles. The van der Waals surface area contributed by atoms with E-state index in [0.29, 0.717) is 6.10 Å². The van der Waals surface area contributed by atoms with Crippen molar-refractivity contribution in [2.24, 2.45) is 5.92 Å². The van der Waals surface area contributed by atoms with E-state index in [9.17, 15) is 0 Å². The van der Waals surface area contributed by atoms with Gasteiger partial charge in [-0.3, -0.25) is 0 Å². The largest absolute Gasteiger partial charge is 0.371 e. The lowest BCUT2D eigenvalue weighted by molar-refractivity contribution is -0.0728. The Hall–Kier alpha value is 0.440. The maximum Gasteiger partial charge on any atom is 0.0785 e. The molecule has 0 bridgehead atoms. The van der Waals surface area contributed by atoms with E-state index in [-0.39, 0.29) is 5.60 Å². The molecule has 2 rings (SSSR count). The molecule has 0 N–H and O–H groups in total. The molecule has 76 valence electrons. The van der Waals surface area contributed by atoms with E-state index in [4.69, 9.17) is 4.74 Å². The maximum absolute atomic E-state index is 6.16. The van der Waals surface area contributed by atoms with Crippen LogP contribution in [0.15, 0.2) is 0 Å². The van der Waals surface area contributed by atoms with Crippen LogP contribution in [0, 0.1) is 5.92 Å². The molecule has 0 aromatic heterocycles. The maximum atomic E-state index is 6.16. The standard InChI is InChI=1S/C11H19BrO/c1-9-3-2-6-11(7-9,8-12)13-10-4-5-10/h9-10H,2-8H2,1H3. The normalized spacial score (nSPS) is 40.6. The Morgan fingerprint density at radius 2 is 2.15 bits per heavy atom. The van der Waals surface area contributed by atoms with Gasteiger partial charge in [-0.05, 0) is 31.6 Å². The Balaban J connectivity index is 1.94. The summed E-state index contributed by atoms with van der Waals surface area (Å²) in [4.78, 5) is 0. The van der Waals surface area contributed by atoms with Gasteiger partial charge in [0.05, 0.1) is 11.7 Å². The molecule has 0 saturated heterocycles. The highest BCUT2D eigenvalue weighted by Gasteiger charge is 2.39. The van der Waals surface area contributed by atoms with Gasteiger partial charge in [0.2, 0.25) is 0 Å². The summed E-state index contributed by atoms with van der Waals surface area (Å²) in [7, 11) is 0. The third-order valence-corrected chi connectivity index (χ3v) is 4.26. The van der Waals surface area contributed by atoms with Gasteiger partial charge in [-0.25, -0.2) is 0 Å². The summed E-state index contributed by atoms with van der Waals surface area (Å²) in [5.74, 6) is 0.852. The highest BCUT2D eigenvalue weighted by atomic mass is 79.9. The van der Waals surface area contributed by atoms with Crippen molar-refractivity contribution in [2.75, 3.05) is 5.33 Å². The monoisotopic (exact) mass is 246 g/mol. The first-order valence-corrected chi connectivity index (χ1v) is 6.60. The van der Waals surface area contributed by atoms with Gasteiger partial charge in [0.15, 0.2) is 0 Å². The Labute approximate surface area is 89.4 Å². The van der Waals surface area contributed by atoms with Gasteiger partial charge in [0, 0.05) is 5.33 Å². The summed E-state index contributed by atoms with van der Waals surface area (Å²) in [5.41, 5.74) is 0.193. The van der Waals surface area contributed by atoms with Crippen molar-refractivity contribution < 1.29 is 4.74 Å². The van der Waals surface area contributed by atoms with Gasteiger partial charge >= 0.3 is 0 Å². The summed E-state index contributed by atoms with van der Waals surface area (Å²) in [6.45, 7) is 2.35. The van der Waals surface area contributed by atoms with Crippen molar-refractivity contribution in [3.05, 3.63) is 0 Å². The van der Waals surface area contributed by atoms with Crippen LogP contribution in [-0.2, 0) is 4.74 Å². The summed E-state index contributed by atoms with van der Waals surface area (Å²) in [5, 5.41) is 1.03. The van der Waals surface area contributed by atoms with Gasteiger partial charge in [-0.2, -0.15) is 0 Å². The number of ether oxygens (including phenoxy) is 1. The molecular formula is C11H19BrO. The second-order valence-electron chi connectivity index (χ2n) is 4.84. The topological polar surface area (TPSA) is 9.23 Å². The highest BCUT2D eigenvalue weighted by molar-refractivity contribution is 9.09. The molecular weight excluding hydrogens is 228 g/mol. The average Bonchev–Trinajstić information content (AvgIpc) is 2.88. The fourth-order valence-corrected chi connectivity index (χ4v) is 3.05. The van der Waals surface area contributed by atoms with Crippen LogP contribution < -0.4 is 0 Å². The first kappa shape index (κ1) is 9.97. The predicted molar refractivity (Wildman–Crippen MR) is 58.3 cm³/mol. The lowest BCUT2D eigenvalue weighted by Crippen LogP contribution is -2.40. The summed E-state index contributed by atoms with van der Waals surface area (Å²) in [6, 6.07) is 0. The first-order chi connectivity index (χ1) is 6.24. The summed E-state index contributed by atoms with van der Waals surface area (Å²) in [6.07, 6.45) is 8.45. The molecule has 0 aromatic rings. The van der Waals surface area contributed by atoms with Crippen molar-refractivity contribution in [1.29, 1.82) is 0 Å². The van der Waals surface area contributed by atoms with Crippen LogP contribution in [0.5, 0.6) is 0 Å². The Kier molecular flexibility index (Phi) is 2.99. The lowest BCUT2D eigenvalue weighted by atomic mass is 9.80. The molecule has 13 heavy (non-hydrogen) atoms. The summed E-state index contributed by atoms with van der Waals surface area (Å²) < 4.78 is 6.16. The van der Waals surface area contributed by atoms with E-state index in [1.165, 1.54) is 38.5 Å². The van der Waals surface area contributed by atoms with Crippen LogP contribution >= 0.6 is 15.9 Å². The molecule has 0 spiro atoms. The van der Waals surface area contributed by atoms with Gasteiger partial charge in [-0.15, -0.1) is 0 Å². The third kappa shape index (κ3) is 2.47. The zero-order valence-corrected chi connectivity index (χ0v) is 9.98. The smallest absolute Gasteiger partial charge is 0.0785 e. The minimum Gasteiger partial charge on any atom is -0.371 e. The van der Waals surface area contributed by atoms with Gasteiger partial charge in [-0.1, -0.05) is 35.7 Å².